The molecule has 0 aromatic carbocycles. The Morgan fingerprint density at radius 1 is 1.50 bits per heavy atom. The Balaban J connectivity index is 2.05. The Morgan fingerprint density at radius 3 is 2.78 bits per heavy atom. The second-order valence-corrected chi connectivity index (χ2v) is 7.10. The van der Waals surface area contributed by atoms with Crippen molar-refractivity contribution in [3.8, 4) is 0 Å². The van der Waals surface area contributed by atoms with Crippen LogP contribution in [0.4, 0.5) is 0 Å². The number of ether oxygens (including phenoxy) is 1. The minimum atomic E-state index is -0.178. The molecule has 2 unspecified atom stereocenters. The van der Waals surface area contributed by atoms with Crippen LogP contribution in [-0.2, 0) is 9.53 Å². The fourth-order valence-electron chi connectivity index (χ4n) is 2.97. The smallest absolute Gasteiger partial charge is 0.248 e. The molecule has 0 bridgehead atoms. The van der Waals surface area contributed by atoms with Gasteiger partial charge in [0.05, 0.1) is 5.60 Å². The summed E-state index contributed by atoms with van der Waals surface area (Å²) >= 11 is 0. The number of nitrogens with one attached hydrogen (secondary N) is 1. The maximum absolute atomic E-state index is 12.0. The normalized spacial score (nSPS) is 34.1. The van der Waals surface area contributed by atoms with Crippen molar-refractivity contribution < 1.29 is 9.53 Å². The third-order valence-electron chi connectivity index (χ3n) is 3.97. The minimum absolute atomic E-state index is 0.133. The van der Waals surface area contributed by atoms with Crippen molar-refractivity contribution >= 4 is 5.91 Å². The number of hydrogen-bond acceptors (Lipinski definition) is 3. The molecule has 0 aliphatic carbocycles. The molecule has 2 aliphatic rings. The molecule has 0 aromatic rings. The van der Waals surface area contributed by atoms with Crippen LogP contribution < -0.4 is 5.32 Å². The van der Waals surface area contributed by atoms with Crippen molar-refractivity contribution in [2.75, 3.05) is 32.8 Å². The van der Waals surface area contributed by atoms with Crippen LogP contribution in [0.2, 0.25) is 0 Å². The van der Waals surface area contributed by atoms with Gasteiger partial charge in [-0.05, 0) is 25.3 Å². The SMILES string of the molecule is CC(C)(C)CN1CC(C)(C2CCNC2)OCC1=O. The first kappa shape index (κ1) is 13.8. The summed E-state index contributed by atoms with van der Waals surface area (Å²) in [5.74, 6) is 0.654. The van der Waals surface area contributed by atoms with Crippen molar-refractivity contribution in [2.45, 2.75) is 39.7 Å². The fourth-order valence-corrected chi connectivity index (χ4v) is 2.97. The number of hydrogen-bond donors (Lipinski definition) is 1. The lowest BCUT2D eigenvalue weighted by Gasteiger charge is -2.45. The lowest BCUT2D eigenvalue weighted by molar-refractivity contribution is -0.170. The quantitative estimate of drug-likeness (QED) is 0.806. The number of morpholine rings is 1. The van der Waals surface area contributed by atoms with E-state index in [0.29, 0.717) is 5.92 Å². The lowest BCUT2D eigenvalue weighted by Crippen LogP contribution is -2.58. The summed E-state index contributed by atoms with van der Waals surface area (Å²) < 4.78 is 5.88. The van der Waals surface area contributed by atoms with E-state index in [1.165, 1.54) is 0 Å². The monoisotopic (exact) mass is 254 g/mol. The highest BCUT2D eigenvalue weighted by Crippen LogP contribution is 2.32. The molecule has 0 aromatic heterocycles. The summed E-state index contributed by atoms with van der Waals surface area (Å²) in [5.41, 5.74) is -0.0372. The van der Waals surface area contributed by atoms with E-state index in [2.05, 4.69) is 33.0 Å². The van der Waals surface area contributed by atoms with Crippen molar-refractivity contribution in [1.29, 1.82) is 0 Å². The van der Waals surface area contributed by atoms with Gasteiger partial charge >= 0.3 is 0 Å². The maximum atomic E-state index is 12.0. The molecule has 104 valence electrons. The predicted molar refractivity (Wildman–Crippen MR) is 71.4 cm³/mol. The van der Waals surface area contributed by atoms with Gasteiger partial charge in [0.15, 0.2) is 0 Å². The molecule has 4 nitrogen and oxygen atoms in total. The largest absolute Gasteiger partial charge is 0.363 e. The van der Waals surface area contributed by atoms with Crippen molar-refractivity contribution in [3.05, 3.63) is 0 Å². The van der Waals surface area contributed by atoms with Crippen LogP contribution in [0, 0.1) is 11.3 Å². The van der Waals surface area contributed by atoms with E-state index in [-0.39, 0.29) is 23.5 Å². The molecule has 4 heteroatoms. The second-order valence-electron chi connectivity index (χ2n) is 7.10. The van der Waals surface area contributed by atoms with E-state index in [0.717, 1.165) is 32.6 Å². The molecule has 0 radical (unpaired) electrons. The Bertz CT molecular complexity index is 318. The zero-order chi connectivity index (χ0) is 13.4. The summed E-state index contributed by atoms with van der Waals surface area (Å²) in [7, 11) is 0. The molecule has 2 rings (SSSR count). The number of amides is 1. The van der Waals surface area contributed by atoms with Gasteiger partial charge in [0.1, 0.15) is 6.61 Å². The van der Waals surface area contributed by atoms with Crippen LogP contribution in [0.25, 0.3) is 0 Å². The van der Waals surface area contributed by atoms with Crippen LogP contribution in [0.15, 0.2) is 0 Å². The van der Waals surface area contributed by atoms with Crippen molar-refractivity contribution in [3.63, 3.8) is 0 Å². The first-order valence-corrected chi connectivity index (χ1v) is 6.93. The highest BCUT2D eigenvalue weighted by atomic mass is 16.5. The third-order valence-corrected chi connectivity index (χ3v) is 3.97. The van der Waals surface area contributed by atoms with Gasteiger partial charge in [-0.1, -0.05) is 20.8 Å². The summed E-state index contributed by atoms with van der Waals surface area (Å²) in [4.78, 5) is 13.9. The van der Waals surface area contributed by atoms with Crippen LogP contribution in [0.5, 0.6) is 0 Å². The zero-order valence-electron chi connectivity index (χ0n) is 12.1. The van der Waals surface area contributed by atoms with Crippen molar-refractivity contribution in [2.24, 2.45) is 11.3 Å². The molecule has 2 fully saturated rings. The predicted octanol–water partition coefficient (Wildman–Crippen LogP) is 1.26. The zero-order valence-corrected chi connectivity index (χ0v) is 12.1. The maximum Gasteiger partial charge on any atom is 0.248 e. The highest BCUT2D eigenvalue weighted by molar-refractivity contribution is 5.78. The molecule has 2 heterocycles. The molecule has 18 heavy (non-hydrogen) atoms. The van der Waals surface area contributed by atoms with Crippen molar-refractivity contribution in [1.82, 2.24) is 10.2 Å². The van der Waals surface area contributed by atoms with Crippen LogP contribution in [0.3, 0.4) is 0 Å². The summed E-state index contributed by atoms with van der Waals surface area (Å²) in [6, 6.07) is 0. The van der Waals surface area contributed by atoms with Gasteiger partial charge in [0, 0.05) is 25.6 Å². The lowest BCUT2D eigenvalue weighted by atomic mass is 9.85. The molecule has 2 saturated heterocycles. The summed E-state index contributed by atoms with van der Waals surface area (Å²) in [6.07, 6.45) is 1.15. The summed E-state index contributed by atoms with van der Waals surface area (Å²) in [6.45, 7) is 12.5. The average molecular weight is 254 g/mol. The first-order chi connectivity index (χ1) is 8.30. The van der Waals surface area contributed by atoms with Gasteiger partial charge in [-0.3, -0.25) is 4.79 Å². The molecule has 1 amide bonds. The van der Waals surface area contributed by atoms with Gasteiger partial charge < -0.3 is 15.0 Å². The Kier molecular flexibility index (Phi) is 3.70. The molecular weight excluding hydrogens is 228 g/mol. The van der Waals surface area contributed by atoms with E-state index < -0.39 is 0 Å². The third kappa shape index (κ3) is 3.04. The number of carbonyl (C=O) groups is 1. The fraction of sp³-hybridized carbons (Fsp3) is 0.929. The Hall–Kier alpha value is -0.610. The van der Waals surface area contributed by atoms with E-state index in [1.807, 2.05) is 4.90 Å². The number of nitrogens with zero attached hydrogens (tertiary/aromatic N) is 1. The minimum Gasteiger partial charge on any atom is -0.363 e. The molecule has 0 saturated carbocycles. The van der Waals surface area contributed by atoms with Crippen LogP contribution >= 0.6 is 0 Å². The summed E-state index contributed by atoms with van der Waals surface area (Å²) in [5, 5.41) is 3.39. The first-order valence-electron chi connectivity index (χ1n) is 6.93. The molecule has 2 atom stereocenters. The average Bonchev–Trinajstić information content (AvgIpc) is 2.75. The molecule has 0 spiro atoms. The van der Waals surface area contributed by atoms with Gasteiger partial charge in [-0.25, -0.2) is 0 Å². The topological polar surface area (TPSA) is 41.6 Å². The Labute approximate surface area is 110 Å². The van der Waals surface area contributed by atoms with Gasteiger partial charge in [0.2, 0.25) is 5.91 Å². The highest BCUT2D eigenvalue weighted by Gasteiger charge is 2.43. The van der Waals surface area contributed by atoms with E-state index in [9.17, 15) is 4.79 Å². The van der Waals surface area contributed by atoms with Gasteiger partial charge in [0.25, 0.3) is 0 Å². The van der Waals surface area contributed by atoms with E-state index in [4.69, 9.17) is 4.74 Å². The standard InChI is InChI=1S/C14H26N2O2/c1-13(2,3)9-16-10-14(4,18-8-12(16)17)11-5-6-15-7-11/h11,15H,5-10H2,1-4H3. The van der Waals surface area contributed by atoms with Gasteiger partial charge in [-0.15, -0.1) is 0 Å². The number of rotatable bonds is 2. The van der Waals surface area contributed by atoms with E-state index in [1.54, 1.807) is 0 Å². The Morgan fingerprint density at radius 2 is 2.22 bits per heavy atom. The molecule has 1 N–H and O–H groups in total. The number of carbonyl (C=O) groups excluding carboxylic acids is 1. The van der Waals surface area contributed by atoms with Gasteiger partial charge in [-0.2, -0.15) is 0 Å². The molecule has 2 aliphatic heterocycles. The van der Waals surface area contributed by atoms with E-state index >= 15 is 0 Å². The molecular formula is C14H26N2O2. The van der Waals surface area contributed by atoms with Crippen LogP contribution in [0.1, 0.15) is 34.1 Å². The second kappa shape index (κ2) is 4.82. The van der Waals surface area contributed by atoms with Crippen LogP contribution in [-0.4, -0.2) is 49.2 Å².